The van der Waals surface area contributed by atoms with Crippen LogP contribution in [0.25, 0.3) is 0 Å². The van der Waals surface area contributed by atoms with Gasteiger partial charge in [0.1, 0.15) is 0 Å². The zero-order valence-electron chi connectivity index (χ0n) is 9.15. The first-order valence-electron chi connectivity index (χ1n) is 5.79. The van der Waals surface area contributed by atoms with Gasteiger partial charge >= 0.3 is 0 Å². The van der Waals surface area contributed by atoms with Crippen LogP contribution in [0.3, 0.4) is 0 Å². The molecule has 0 aromatic rings. The van der Waals surface area contributed by atoms with Crippen LogP contribution < -0.4 is 10.5 Å². The van der Waals surface area contributed by atoms with Crippen molar-refractivity contribution in [1.82, 2.24) is 4.72 Å². The molecule has 2 rings (SSSR count). The lowest BCUT2D eigenvalue weighted by molar-refractivity contribution is 0.462. The van der Waals surface area contributed by atoms with Gasteiger partial charge in [0.15, 0.2) is 0 Å². The lowest BCUT2D eigenvalue weighted by atomic mass is 10.0. The molecule has 0 amide bonds. The first kappa shape index (κ1) is 11.4. The van der Waals surface area contributed by atoms with Gasteiger partial charge in [-0.2, -0.15) is 0 Å². The summed E-state index contributed by atoms with van der Waals surface area (Å²) in [6, 6.07) is 0.248. The number of hydrogen-bond acceptors (Lipinski definition) is 3. The van der Waals surface area contributed by atoms with Crippen molar-refractivity contribution < 1.29 is 8.42 Å². The summed E-state index contributed by atoms with van der Waals surface area (Å²) in [5, 5.41) is -0.116. The third-order valence-electron chi connectivity index (χ3n) is 3.57. The Morgan fingerprint density at radius 3 is 2.47 bits per heavy atom. The molecule has 0 heterocycles. The van der Waals surface area contributed by atoms with Crippen molar-refractivity contribution in [2.75, 3.05) is 0 Å². The van der Waals surface area contributed by atoms with Crippen LogP contribution in [0.15, 0.2) is 0 Å². The second-order valence-electron chi connectivity index (χ2n) is 4.86. The van der Waals surface area contributed by atoms with E-state index in [1.165, 1.54) is 0 Å². The summed E-state index contributed by atoms with van der Waals surface area (Å²) in [5.41, 5.74) is 5.96. The molecule has 0 saturated heterocycles. The van der Waals surface area contributed by atoms with E-state index < -0.39 is 10.0 Å². The number of hydrogen-bond donors (Lipinski definition) is 2. The summed E-state index contributed by atoms with van der Waals surface area (Å²) in [6.45, 7) is 2.11. The normalized spacial score (nSPS) is 37.1. The Balaban J connectivity index is 1.91. The van der Waals surface area contributed by atoms with Crippen LogP contribution >= 0.6 is 0 Å². The maximum atomic E-state index is 11.7. The molecule has 15 heavy (non-hydrogen) atoms. The Kier molecular flexibility index (Phi) is 3.05. The van der Waals surface area contributed by atoms with Crippen LogP contribution in [0, 0.1) is 5.92 Å². The van der Waals surface area contributed by atoms with Gasteiger partial charge < -0.3 is 5.73 Å². The summed E-state index contributed by atoms with van der Waals surface area (Å²) >= 11 is 0. The average Bonchev–Trinajstić information content (AvgIpc) is 2.92. The van der Waals surface area contributed by atoms with Gasteiger partial charge in [0, 0.05) is 12.1 Å². The molecule has 0 aromatic carbocycles. The van der Waals surface area contributed by atoms with Gasteiger partial charge in [0.05, 0.1) is 5.25 Å². The highest BCUT2D eigenvalue weighted by molar-refractivity contribution is 7.90. The molecule has 0 bridgehead atoms. The number of nitrogens with two attached hydrogens (primary N) is 1. The highest BCUT2D eigenvalue weighted by Crippen LogP contribution is 2.31. The van der Waals surface area contributed by atoms with Crippen molar-refractivity contribution in [2.45, 2.75) is 56.4 Å². The average molecular weight is 232 g/mol. The van der Waals surface area contributed by atoms with E-state index >= 15 is 0 Å². The Bertz CT molecular complexity index is 324. The molecule has 4 nitrogen and oxygen atoms in total. The molecule has 0 aliphatic heterocycles. The molecule has 88 valence electrons. The molecule has 2 aliphatic carbocycles. The molecular formula is C10H20N2O2S. The zero-order valence-corrected chi connectivity index (χ0v) is 9.96. The Hall–Kier alpha value is -0.130. The minimum atomic E-state index is -3.03. The van der Waals surface area contributed by atoms with Crippen LogP contribution in [0.2, 0.25) is 0 Å². The van der Waals surface area contributed by atoms with E-state index in [2.05, 4.69) is 11.6 Å². The zero-order chi connectivity index (χ0) is 11.1. The van der Waals surface area contributed by atoms with E-state index in [0.717, 1.165) is 32.1 Å². The standard InChI is InChI=1S/C10H20N2O2S/c1-2-7-5-8(6-10(7)11)12-15(13,14)9-3-4-9/h7-10,12H,2-6,11H2,1H3/t7-,8?,10?/m1/s1. The second kappa shape index (κ2) is 4.03. The number of sulfonamides is 1. The molecule has 2 aliphatic rings. The van der Waals surface area contributed by atoms with Gasteiger partial charge in [-0.05, 0) is 31.6 Å². The second-order valence-corrected chi connectivity index (χ2v) is 6.86. The van der Waals surface area contributed by atoms with E-state index in [4.69, 9.17) is 5.73 Å². The molecule has 2 unspecified atom stereocenters. The van der Waals surface area contributed by atoms with Gasteiger partial charge in [-0.3, -0.25) is 0 Å². The smallest absolute Gasteiger partial charge is 0.214 e. The van der Waals surface area contributed by atoms with Gasteiger partial charge in [-0.15, -0.1) is 0 Å². The minimum absolute atomic E-state index is 0.0792. The van der Waals surface area contributed by atoms with Crippen molar-refractivity contribution in [3.05, 3.63) is 0 Å². The summed E-state index contributed by atoms with van der Waals surface area (Å²) in [4.78, 5) is 0. The van der Waals surface area contributed by atoms with Gasteiger partial charge in [0.2, 0.25) is 10.0 Å². The third kappa shape index (κ3) is 2.52. The maximum Gasteiger partial charge on any atom is 0.214 e. The Morgan fingerprint density at radius 2 is 2.00 bits per heavy atom. The van der Waals surface area contributed by atoms with Crippen LogP contribution in [-0.4, -0.2) is 25.8 Å². The summed E-state index contributed by atoms with van der Waals surface area (Å²) in [6.07, 6.45) is 4.40. The fourth-order valence-corrected chi connectivity index (χ4v) is 4.04. The fourth-order valence-electron chi connectivity index (χ4n) is 2.43. The van der Waals surface area contributed by atoms with Crippen molar-refractivity contribution >= 4 is 10.0 Å². The molecular weight excluding hydrogens is 212 g/mol. The Labute approximate surface area is 91.7 Å². The number of rotatable bonds is 4. The highest BCUT2D eigenvalue weighted by Gasteiger charge is 2.39. The first-order chi connectivity index (χ1) is 7.03. The molecule has 5 heteroatoms. The van der Waals surface area contributed by atoms with Gasteiger partial charge in [-0.1, -0.05) is 13.3 Å². The van der Waals surface area contributed by atoms with Crippen LogP contribution in [0.1, 0.15) is 39.0 Å². The minimum Gasteiger partial charge on any atom is -0.327 e. The Morgan fingerprint density at radius 1 is 1.33 bits per heavy atom. The van der Waals surface area contributed by atoms with Gasteiger partial charge in [-0.25, -0.2) is 13.1 Å². The summed E-state index contributed by atoms with van der Waals surface area (Å²) in [5.74, 6) is 0.483. The summed E-state index contributed by atoms with van der Waals surface area (Å²) < 4.78 is 26.2. The summed E-state index contributed by atoms with van der Waals surface area (Å²) in [7, 11) is -3.03. The van der Waals surface area contributed by atoms with Crippen molar-refractivity contribution in [2.24, 2.45) is 11.7 Å². The van der Waals surface area contributed by atoms with Crippen LogP contribution in [0.5, 0.6) is 0 Å². The molecule has 0 spiro atoms. The largest absolute Gasteiger partial charge is 0.327 e. The molecule has 0 radical (unpaired) electrons. The van der Waals surface area contributed by atoms with Crippen LogP contribution in [0.4, 0.5) is 0 Å². The van der Waals surface area contributed by atoms with E-state index in [-0.39, 0.29) is 17.3 Å². The third-order valence-corrected chi connectivity index (χ3v) is 5.58. The lowest BCUT2D eigenvalue weighted by Crippen LogP contribution is -2.36. The fraction of sp³-hybridized carbons (Fsp3) is 1.00. The lowest BCUT2D eigenvalue weighted by Gasteiger charge is -2.12. The van der Waals surface area contributed by atoms with E-state index in [0.29, 0.717) is 5.92 Å². The predicted octanol–water partition coefficient (Wildman–Crippen LogP) is 0.584. The molecule has 2 fully saturated rings. The molecule has 3 N–H and O–H groups in total. The van der Waals surface area contributed by atoms with Crippen molar-refractivity contribution in [3.8, 4) is 0 Å². The topological polar surface area (TPSA) is 72.2 Å². The highest BCUT2D eigenvalue weighted by atomic mass is 32.2. The SMILES string of the molecule is CC[C@@H]1CC(NS(=O)(=O)C2CC2)CC1N. The molecule has 0 aromatic heterocycles. The van der Waals surface area contributed by atoms with Crippen molar-refractivity contribution in [3.63, 3.8) is 0 Å². The van der Waals surface area contributed by atoms with Crippen LogP contribution in [-0.2, 0) is 10.0 Å². The quantitative estimate of drug-likeness (QED) is 0.745. The van der Waals surface area contributed by atoms with E-state index in [9.17, 15) is 8.42 Å². The number of nitrogens with one attached hydrogen (secondary N) is 1. The molecule has 3 atom stereocenters. The van der Waals surface area contributed by atoms with E-state index in [1.807, 2.05) is 0 Å². The predicted molar refractivity (Wildman–Crippen MR) is 59.9 cm³/mol. The molecule has 2 saturated carbocycles. The van der Waals surface area contributed by atoms with Gasteiger partial charge in [0.25, 0.3) is 0 Å². The van der Waals surface area contributed by atoms with Crippen molar-refractivity contribution in [1.29, 1.82) is 0 Å². The first-order valence-corrected chi connectivity index (χ1v) is 7.34. The monoisotopic (exact) mass is 232 g/mol. The maximum absolute atomic E-state index is 11.7. The van der Waals surface area contributed by atoms with E-state index in [1.54, 1.807) is 0 Å².